The summed E-state index contributed by atoms with van der Waals surface area (Å²) in [5, 5.41) is 4.01. The van der Waals surface area contributed by atoms with E-state index in [-0.39, 0.29) is 11.3 Å². The van der Waals surface area contributed by atoms with Crippen LogP contribution >= 0.6 is 0 Å². The second kappa shape index (κ2) is 5.81. The first kappa shape index (κ1) is 15.7. The standard InChI is InChI=1S/C16H22N4O3/c1-11-5-6-14(22-11)20-8-7-19(10-13(20)21)9-12-17-15(23-18-12)16(2,3)4/h5-6H,7-10H2,1-4H3. The third-order valence-corrected chi connectivity index (χ3v) is 3.77. The number of hydrogen-bond donors (Lipinski definition) is 0. The number of anilines is 1. The van der Waals surface area contributed by atoms with Gasteiger partial charge in [0, 0.05) is 24.6 Å². The largest absolute Gasteiger partial charge is 0.445 e. The first-order valence-electron chi connectivity index (χ1n) is 7.75. The Morgan fingerprint density at radius 3 is 2.61 bits per heavy atom. The molecule has 0 saturated carbocycles. The van der Waals surface area contributed by atoms with Gasteiger partial charge in [-0.2, -0.15) is 4.98 Å². The van der Waals surface area contributed by atoms with Crippen LogP contribution in [-0.2, 0) is 16.8 Å². The molecule has 1 amide bonds. The van der Waals surface area contributed by atoms with Crippen LogP contribution in [0.4, 0.5) is 5.88 Å². The van der Waals surface area contributed by atoms with Crippen LogP contribution < -0.4 is 4.90 Å². The number of rotatable bonds is 3. The molecule has 23 heavy (non-hydrogen) atoms. The summed E-state index contributed by atoms with van der Waals surface area (Å²) in [5.41, 5.74) is -0.170. The van der Waals surface area contributed by atoms with Gasteiger partial charge in [0.15, 0.2) is 5.82 Å². The molecule has 1 saturated heterocycles. The molecule has 2 aromatic rings. The van der Waals surface area contributed by atoms with E-state index in [1.54, 1.807) is 4.90 Å². The van der Waals surface area contributed by atoms with E-state index in [0.717, 1.165) is 12.3 Å². The molecule has 3 heterocycles. The van der Waals surface area contributed by atoms with Gasteiger partial charge in [-0.05, 0) is 13.0 Å². The average Bonchev–Trinajstić information content (AvgIpc) is 3.08. The van der Waals surface area contributed by atoms with Gasteiger partial charge < -0.3 is 8.94 Å². The topological polar surface area (TPSA) is 75.6 Å². The Balaban J connectivity index is 1.62. The number of piperazine rings is 1. The number of hydrogen-bond acceptors (Lipinski definition) is 6. The lowest BCUT2D eigenvalue weighted by Gasteiger charge is -2.32. The molecular formula is C16H22N4O3. The van der Waals surface area contributed by atoms with Crippen molar-refractivity contribution in [3.05, 3.63) is 29.6 Å². The van der Waals surface area contributed by atoms with Crippen LogP contribution in [0.1, 0.15) is 38.2 Å². The first-order chi connectivity index (χ1) is 10.8. The molecule has 0 spiro atoms. The van der Waals surface area contributed by atoms with E-state index in [1.807, 2.05) is 44.7 Å². The highest BCUT2D eigenvalue weighted by atomic mass is 16.5. The summed E-state index contributed by atoms with van der Waals surface area (Å²) >= 11 is 0. The Morgan fingerprint density at radius 1 is 1.26 bits per heavy atom. The van der Waals surface area contributed by atoms with Crippen LogP contribution in [0.2, 0.25) is 0 Å². The van der Waals surface area contributed by atoms with E-state index < -0.39 is 0 Å². The summed E-state index contributed by atoms with van der Waals surface area (Å²) < 4.78 is 10.8. The quantitative estimate of drug-likeness (QED) is 0.863. The number of aryl methyl sites for hydroxylation is 1. The van der Waals surface area contributed by atoms with Crippen LogP contribution in [0.3, 0.4) is 0 Å². The van der Waals surface area contributed by atoms with E-state index >= 15 is 0 Å². The van der Waals surface area contributed by atoms with Crippen molar-refractivity contribution in [2.45, 2.75) is 39.7 Å². The maximum absolute atomic E-state index is 12.3. The van der Waals surface area contributed by atoms with Crippen LogP contribution in [-0.4, -0.2) is 40.6 Å². The molecule has 7 nitrogen and oxygen atoms in total. The molecule has 0 unspecified atom stereocenters. The fraction of sp³-hybridized carbons (Fsp3) is 0.562. The molecule has 1 aliphatic rings. The van der Waals surface area contributed by atoms with Crippen molar-refractivity contribution in [2.75, 3.05) is 24.5 Å². The van der Waals surface area contributed by atoms with Gasteiger partial charge in [-0.1, -0.05) is 25.9 Å². The zero-order valence-corrected chi connectivity index (χ0v) is 14.0. The SMILES string of the molecule is Cc1ccc(N2CCN(Cc3noc(C(C)(C)C)n3)CC2=O)o1. The number of amides is 1. The van der Waals surface area contributed by atoms with Gasteiger partial charge in [0.05, 0.1) is 13.1 Å². The second-order valence-corrected chi connectivity index (χ2v) is 6.91. The predicted octanol–water partition coefficient (Wildman–Crippen LogP) is 2.12. The molecule has 124 valence electrons. The highest BCUT2D eigenvalue weighted by Crippen LogP contribution is 2.22. The van der Waals surface area contributed by atoms with E-state index in [1.165, 1.54) is 0 Å². The zero-order valence-electron chi connectivity index (χ0n) is 14.0. The Morgan fingerprint density at radius 2 is 2.04 bits per heavy atom. The molecule has 1 aliphatic heterocycles. The summed E-state index contributed by atoms with van der Waals surface area (Å²) in [6.07, 6.45) is 0. The maximum Gasteiger partial charge on any atom is 0.243 e. The number of nitrogens with zero attached hydrogens (tertiary/aromatic N) is 4. The molecule has 0 N–H and O–H groups in total. The lowest BCUT2D eigenvalue weighted by molar-refractivity contribution is -0.121. The van der Waals surface area contributed by atoms with Crippen molar-refractivity contribution in [1.29, 1.82) is 0 Å². The van der Waals surface area contributed by atoms with E-state index in [4.69, 9.17) is 8.94 Å². The summed E-state index contributed by atoms with van der Waals surface area (Å²) in [6.45, 7) is 10.1. The lowest BCUT2D eigenvalue weighted by Crippen LogP contribution is -2.50. The number of carbonyl (C=O) groups is 1. The fourth-order valence-corrected chi connectivity index (χ4v) is 2.48. The highest BCUT2D eigenvalue weighted by Gasteiger charge is 2.28. The number of carbonyl (C=O) groups excluding carboxylic acids is 1. The molecule has 7 heteroatoms. The molecule has 0 bridgehead atoms. The average molecular weight is 318 g/mol. The predicted molar refractivity (Wildman–Crippen MR) is 84.1 cm³/mol. The van der Waals surface area contributed by atoms with Crippen LogP contribution in [0.15, 0.2) is 21.1 Å². The van der Waals surface area contributed by atoms with Crippen LogP contribution in [0, 0.1) is 6.92 Å². The highest BCUT2D eigenvalue weighted by molar-refractivity contribution is 5.94. The Hall–Kier alpha value is -2.15. The maximum atomic E-state index is 12.3. The fourth-order valence-electron chi connectivity index (χ4n) is 2.48. The number of aromatic nitrogens is 2. The Kier molecular flexibility index (Phi) is 3.97. The van der Waals surface area contributed by atoms with E-state index in [2.05, 4.69) is 10.1 Å². The third kappa shape index (κ3) is 3.44. The smallest absolute Gasteiger partial charge is 0.243 e. The zero-order chi connectivity index (χ0) is 16.6. The van der Waals surface area contributed by atoms with Crippen molar-refractivity contribution in [3.63, 3.8) is 0 Å². The van der Waals surface area contributed by atoms with Crippen molar-refractivity contribution in [2.24, 2.45) is 0 Å². The molecule has 1 fully saturated rings. The summed E-state index contributed by atoms with van der Waals surface area (Å²) in [5.74, 6) is 2.66. The first-order valence-corrected chi connectivity index (χ1v) is 7.75. The summed E-state index contributed by atoms with van der Waals surface area (Å²) in [6, 6.07) is 3.69. The minimum Gasteiger partial charge on any atom is -0.445 e. The lowest BCUT2D eigenvalue weighted by atomic mass is 9.97. The van der Waals surface area contributed by atoms with Crippen molar-refractivity contribution in [1.82, 2.24) is 15.0 Å². The van der Waals surface area contributed by atoms with Crippen molar-refractivity contribution < 1.29 is 13.7 Å². The molecule has 2 aromatic heterocycles. The molecule has 3 rings (SSSR count). The summed E-state index contributed by atoms with van der Waals surface area (Å²) in [7, 11) is 0. The minimum absolute atomic E-state index is 0.0186. The molecular weight excluding hydrogens is 296 g/mol. The normalized spacial score (nSPS) is 17.0. The molecule has 0 aromatic carbocycles. The Labute approximate surface area is 135 Å². The minimum atomic E-state index is -0.170. The number of furan rings is 1. The summed E-state index contributed by atoms with van der Waals surface area (Å²) in [4.78, 5) is 20.4. The van der Waals surface area contributed by atoms with Crippen molar-refractivity contribution >= 4 is 11.8 Å². The second-order valence-electron chi connectivity index (χ2n) is 6.91. The van der Waals surface area contributed by atoms with Gasteiger partial charge >= 0.3 is 0 Å². The van der Waals surface area contributed by atoms with Gasteiger partial charge in [-0.15, -0.1) is 0 Å². The van der Waals surface area contributed by atoms with E-state index in [9.17, 15) is 4.79 Å². The molecule has 0 aliphatic carbocycles. The molecule has 0 atom stereocenters. The van der Waals surface area contributed by atoms with Gasteiger partial charge in [-0.3, -0.25) is 14.6 Å². The van der Waals surface area contributed by atoms with Crippen LogP contribution in [0.25, 0.3) is 0 Å². The van der Waals surface area contributed by atoms with E-state index in [0.29, 0.717) is 37.2 Å². The van der Waals surface area contributed by atoms with Crippen LogP contribution in [0.5, 0.6) is 0 Å². The Bertz CT molecular complexity index is 698. The third-order valence-electron chi connectivity index (χ3n) is 3.77. The van der Waals surface area contributed by atoms with Crippen molar-refractivity contribution in [3.8, 4) is 0 Å². The molecule has 0 radical (unpaired) electrons. The van der Waals surface area contributed by atoms with Gasteiger partial charge in [0.1, 0.15) is 5.76 Å². The van der Waals surface area contributed by atoms with Gasteiger partial charge in [0.25, 0.3) is 0 Å². The van der Waals surface area contributed by atoms with Gasteiger partial charge in [0.2, 0.25) is 17.7 Å². The van der Waals surface area contributed by atoms with Gasteiger partial charge in [-0.25, -0.2) is 0 Å². The monoisotopic (exact) mass is 318 g/mol.